The molecule has 0 radical (unpaired) electrons. The number of hydrogen-bond donors (Lipinski definition) is 1. The van der Waals surface area contributed by atoms with Crippen LogP contribution in [-0.4, -0.2) is 54.6 Å². The van der Waals surface area contributed by atoms with Crippen molar-refractivity contribution in [3.63, 3.8) is 0 Å². The first-order valence-corrected chi connectivity index (χ1v) is 9.69. The quantitative estimate of drug-likeness (QED) is 0.895. The molecule has 0 unspecified atom stereocenters. The fourth-order valence-electron chi connectivity index (χ4n) is 3.82. The van der Waals surface area contributed by atoms with E-state index in [1.807, 2.05) is 19.1 Å². The Hall–Kier alpha value is -2.13. The van der Waals surface area contributed by atoms with Gasteiger partial charge in [-0.15, -0.1) is 0 Å². The molecule has 1 aromatic rings. The van der Waals surface area contributed by atoms with Crippen LogP contribution in [0.3, 0.4) is 0 Å². The molecule has 0 aromatic carbocycles. The number of nitrogens with one attached hydrogen (secondary N) is 1. The number of pyridine rings is 1. The zero-order valence-corrected chi connectivity index (χ0v) is 15.9. The molecule has 1 saturated carbocycles. The van der Waals surface area contributed by atoms with Gasteiger partial charge in [0.15, 0.2) is 0 Å². The molecule has 2 heterocycles. The number of nitrogens with zero attached hydrogens (tertiary/aromatic N) is 4. The van der Waals surface area contributed by atoms with Crippen LogP contribution in [0.5, 0.6) is 0 Å². The van der Waals surface area contributed by atoms with Crippen LogP contribution in [0.15, 0.2) is 12.1 Å². The molecule has 2 fully saturated rings. The predicted molar refractivity (Wildman–Crippen MR) is 102 cm³/mol. The molecule has 1 aliphatic carbocycles. The van der Waals surface area contributed by atoms with Gasteiger partial charge in [-0.05, 0) is 50.2 Å². The number of anilines is 1. The van der Waals surface area contributed by atoms with Crippen molar-refractivity contribution in [1.29, 1.82) is 5.26 Å². The van der Waals surface area contributed by atoms with Crippen molar-refractivity contribution in [2.45, 2.75) is 45.6 Å². The van der Waals surface area contributed by atoms with Gasteiger partial charge in [0.25, 0.3) is 0 Å². The molecular weight excluding hydrogens is 326 g/mol. The average molecular weight is 355 g/mol. The summed E-state index contributed by atoms with van der Waals surface area (Å²) in [7, 11) is 0. The second kappa shape index (κ2) is 8.50. The lowest BCUT2D eigenvalue weighted by atomic mass is 9.87. The van der Waals surface area contributed by atoms with Crippen molar-refractivity contribution in [1.82, 2.24) is 15.2 Å². The summed E-state index contributed by atoms with van der Waals surface area (Å²) in [5, 5.41) is 12.4. The van der Waals surface area contributed by atoms with Crippen molar-refractivity contribution in [2.75, 3.05) is 37.6 Å². The molecule has 0 bridgehead atoms. The lowest BCUT2D eigenvalue weighted by Gasteiger charge is -2.35. The molecule has 1 amide bonds. The Balaban J connectivity index is 1.45. The van der Waals surface area contributed by atoms with E-state index < -0.39 is 0 Å². The Kier molecular flexibility index (Phi) is 6.10. The molecule has 1 N–H and O–H groups in total. The summed E-state index contributed by atoms with van der Waals surface area (Å²) in [6.07, 6.45) is 4.66. The highest BCUT2D eigenvalue weighted by molar-refractivity contribution is 5.78. The minimum Gasteiger partial charge on any atom is -0.354 e. The number of rotatable bonds is 4. The van der Waals surface area contributed by atoms with E-state index in [1.165, 1.54) is 12.8 Å². The van der Waals surface area contributed by atoms with E-state index in [4.69, 9.17) is 5.26 Å². The first-order chi connectivity index (χ1) is 12.5. The van der Waals surface area contributed by atoms with Crippen molar-refractivity contribution in [2.24, 2.45) is 5.92 Å². The predicted octanol–water partition coefficient (Wildman–Crippen LogP) is 2.08. The summed E-state index contributed by atoms with van der Waals surface area (Å²) in [5.41, 5.74) is 1.40. The van der Waals surface area contributed by atoms with Crippen LogP contribution in [0.1, 0.15) is 43.9 Å². The monoisotopic (exact) mass is 355 g/mol. The normalized spacial score (nSPS) is 24.1. The van der Waals surface area contributed by atoms with Crippen molar-refractivity contribution >= 4 is 11.7 Å². The highest BCUT2D eigenvalue weighted by Crippen LogP contribution is 2.23. The summed E-state index contributed by atoms with van der Waals surface area (Å²) in [6, 6.07) is 6.44. The van der Waals surface area contributed by atoms with Crippen molar-refractivity contribution in [3.05, 3.63) is 23.4 Å². The molecule has 0 spiro atoms. The summed E-state index contributed by atoms with van der Waals surface area (Å²) < 4.78 is 0. The van der Waals surface area contributed by atoms with E-state index in [-0.39, 0.29) is 5.91 Å². The van der Waals surface area contributed by atoms with Crippen molar-refractivity contribution in [3.8, 4) is 6.07 Å². The number of carbonyl (C=O) groups is 1. The molecule has 1 saturated heterocycles. The molecule has 140 valence electrons. The van der Waals surface area contributed by atoms with E-state index in [2.05, 4.69) is 33.1 Å². The maximum atomic E-state index is 12.3. The van der Waals surface area contributed by atoms with E-state index in [9.17, 15) is 4.79 Å². The first kappa shape index (κ1) is 18.7. The maximum Gasteiger partial charge on any atom is 0.234 e. The van der Waals surface area contributed by atoms with Crippen LogP contribution < -0.4 is 10.2 Å². The molecule has 2 aliphatic rings. The second-order valence-electron chi connectivity index (χ2n) is 7.73. The van der Waals surface area contributed by atoms with E-state index in [1.54, 1.807) is 0 Å². The van der Waals surface area contributed by atoms with E-state index >= 15 is 0 Å². The summed E-state index contributed by atoms with van der Waals surface area (Å²) >= 11 is 0. The number of piperazine rings is 1. The topological polar surface area (TPSA) is 72.3 Å². The molecule has 26 heavy (non-hydrogen) atoms. The molecule has 3 rings (SSSR count). The Morgan fingerprint density at radius 3 is 2.58 bits per heavy atom. The second-order valence-corrected chi connectivity index (χ2v) is 7.73. The number of hydrogen-bond acceptors (Lipinski definition) is 5. The van der Waals surface area contributed by atoms with Gasteiger partial charge in [0.2, 0.25) is 5.91 Å². The number of nitriles is 1. The fraction of sp³-hybridized carbons (Fsp3) is 0.650. The third-order valence-electron chi connectivity index (χ3n) is 5.63. The van der Waals surface area contributed by atoms with Gasteiger partial charge in [-0.3, -0.25) is 9.69 Å². The summed E-state index contributed by atoms with van der Waals surface area (Å²) in [6.45, 7) is 8.01. The first-order valence-electron chi connectivity index (χ1n) is 9.69. The number of aryl methyl sites for hydroxylation is 1. The van der Waals surface area contributed by atoms with Crippen LogP contribution in [0.25, 0.3) is 0 Å². The number of amides is 1. The van der Waals surface area contributed by atoms with Crippen molar-refractivity contribution < 1.29 is 4.79 Å². The summed E-state index contributed by atoms with van der Waals surface area (Å²) in [5.74, 6) is 1.80. The van der Waals surface area contributed by atoms with Crippen LogP contribution in [-0.2, 0) is 4.79 Å². The molecule has 6 nitrogen and oxygen atoms in total. The zero-order valence-electron chi connectivity index (χ0n) is 15.9. The molecule has 6 heteroatoms. The largest absolute Gasteiger partial charge is 0.354 e. The SMILES string of the molecule is Cc1ccc(N2CCN(CC(=O)NC3CCC(C)CC3)CC2)nc1C#N. The average Bonchev–Trinajstić information content (AvgIpc) is 2.65. The van der Waals surface area contributed by atoms with Crippen LogP contribution in [0.4, 0.5) is 5.82 Å². The van der Waals surface area contributed by atoms with Crippen LogP contribution in [0, 0.1) is 24.2 Å². The molecule has 1 aromatic heterocycles. The fourth-order valence-corrected chi connectivity index (χ4v) is 3.82. The Labute approximate surface area is 156 Å². The number of aromatic nitrogens is 1. The standard InChI is InChI=1S/C20H29N5O/c1-15-3-6-17(7-4-15)22-20(26)14-24-9-11-25(12-10-24)19-8-5-16(2)18(13-21)23-19/h5,8,15,17H,3-4,6-7,9-12,14H2,1-2H3,(H,22,26). The lowest BCUT2D eigenvalue weighted by molar-refractivity contribution is -0.123. The third kappa shape index (κ3) is 4.73. The smallest absolute Gasteiger partial charge is 0.234 e. The highest BCUT2D eigenvalue weighted by Gasteiger charge is 2.23. The Bertz CT molecular complexity index is 667. The zero-order chi connectivity index (χ0) is 18.5. The summed E-state index contributed by atoms with van der Waals surface area (Å²) in [4.78, 5) is 21.2. The van der Waals surface area contributed by atoms with Crippen LogP contribution >= 0.6 is 0 Å². The highest BCUT2D eigenvalue weighted by atomic mass is 16.2. The van der Waals surface area contributed by atoms with Crippen LogP contribution in [0.2, 0.25) is 0 Å². The van der Waals surface area contributed by atoms with Gasteiger partial charge in [0, 0.05) is 32.2 Å². The Morgan fingerprint density at radius 2 is 1.92 bits per heavy atom. The van der Waals surface area contributed by atoms with Gasteiger partial charge >= 0.3 is 0 Å². The van der Waals surface area contributed by atoms with Gasteiger partial charge in [0.05, 0.1) is 6.54 Å². The third-order valence-corrected chi connectivity index (χ3v) is 5.63. The van der Waals surface area contributed by atoms with E-state index in [0.717, 1.165) is 56.3 Å². The number of carbonyl (C=O) groups excluding carboxylic acids is 1. The van der Waals surface area contributed by atoms with Gasteiger partial charge < -0.3 is 10.2 Å². The van der Waals surface area contributed by atoms with Gasteiger partial charge in [-0.2, -0.15) is 5.26 Å². The lowest BCUT2D eigenvalue weighted by Crippen LogP contribution is -2.51. The van der Waals surface area contributed by atoms with Gasteiger partial charge in [0.1, 0.15) is 17.6 Å². The minimum atomic E-state index is 0.151. The maximum absolute atomic E-state index is 12.3. The molecule has 1 aliphatic heterocycles. The molecular formula is C20H29N5O. The van der Waals surface area contributed by atoms with Gasteiger partial charge in [-0.25, -0.2) is 4.98 Å². The van der Waals surface area contributed by atoms with E-state index in [0.29, 0.717) is 18.3 Å². The Morgan fingerprint density at radius 1 is 1.23 bits per heavy atom. The molecule has 0 atom stereocenters. The minimum absolute atomic E-state index is 0.151. The van der Waals surface area contributed by atoms with Gasteiger partial charge in [-0.1, -0.05) is 13.0 Å².